The molecule has 1 amide bonds. The van der Waals surface area contributed by atoms with Gasteiger partial charge in [-0.15, -0.1) is 0 Å². The van der Waals surface area contributed by atoms with Gasteiger partial charge in [0, 0.05) is 33.2 Å². The number of methoxy groups -OCH3 is 1. The molecule has 8 heteroatoms. The van der Waals surface area contributed by atoms with Crippen molar-refractivity contribution in [3.63, 3.8) is 0 Å². The molecule has 0 radical (unpaired) electrons. The molecular weight excluding hydrogens is 402 g/mol. The number of hydrogen-bond donors (Lipinski definition) is 0. The van der Waals surface area contributed by atoms with Crippen molar-refractivity contribution in [1.82, 2.24) is 4.90 Å². The van der Waals surface area contributed by atoms with Gasteiger partial charge in [-0.25, -0.2) is 0 Å². The van der Waals surface area contributed by atoms with Crippen LogP contribution in [0.1, 0.15) is 18.3 Å². The predicted molar refractivity (Wildman–Crippen MR) is 114 cm³/mol. The van der Waals surface area contributed by atoms with Gasteiger partial charge >= 0.3 is 0 Å². The van der Waals surface area contributed by atoms with Crippen LogP contribution < -0.4 is 0 Å². The fourth-order valence-electron chi connectivity index (χ4n) is 3.65. The van der Waals surface area contributed by atoms with Gasteiger partial charge in [-0.05, 0) is 25.6 Å². The molecule has 2 saturated heterocycles. The third kappa shape index (κ3) is 5.30. The number of rotatable bonds is 4. The molecule has 3 rings (SSSR count). The van der Waals surface area contributed by atoms with E-state index in [0.717, 1.165) is 5.56 Å². The van der Waals surface area contributed by atoms with Gasteiger partial charge in [-0.3, -0.25) is 4.79 Å². The van der Waals surface area contributed by atoms with Gasteiger partial charge in [0.15, 0.2) is 26.5 Å². The molecule has 0 saturated carbocycles. The summed E-state index contributed by atoms with van der Waals surface area (Å²) < 4.78 is 30.5. The molecular formula is C22H31NO6Si. The molecule has 1 aromatic carbocycles. The van der Waals surface area contributed by atoms with Crippen molar-refractivity contribution >= 4 is 14.2 Å². The lowest BCUT2D eigenvalue weighted by atomic mass is 9.86. The number of ether oxygens (including phenoxy) is 4. The Morgan fingerprint density at radius 1 is 1.20 bits per heavy atom. The first-order valence-corrected chi connectivity index (χ1v) is 13.5. The second kappa shape index (κ2) is 9.18. The highest BCUT2D eigenvalue weighted by Gasteiger charge is 2.55. The number of benzene rings is 1. The largest absolute Gasteiger partial charge is 0.399 e. The van der Waals surface area contributed by atoms with E-state index in [1.165, 1.54) is 4.90 Å². The lowest BCUT2D eigenvalue weighted by Gasteiger charge is -2.51. The minimum absolute atomic E-state index is 0.294. The molecule has 0 spiro atoms. The van der Waals surface area contributed by atoms with Crippen LogP contribution in [0.15, 0.2) is 30.3 Å². The minimum Gasteiger partial charge on any atom is -0.399 e. The quantitative estimate of drug-likeness (QED) is 0.537. The normalized spacial score (nSPS) is 31.3. The average Bonchev–Trinajstić information content (AvgIpc) is 2.71. The van der Waals surface area contributed by atoms with Gasteiger partial charge in [-0.2, -0.15) is 0 Å². The van der Waals surface area contributed by atoms with Crippen molar-refractivity contribution < 1.29 is 28.2 Å². The van der Waals surface area contributed by atoms with E-state index in [1.807, 2.05) is 30.3 Å². The Labute approximate surface area is 179 Å². The monoisotopic (exact) mass is 433 g/mol. The Kier molecular flexibility index (Phi) is 7.02. The van der Waals surface area contributed by atoms with E-state index in [4.69, 9.17) is 23.4 Å². The number of amides is 1. The fraction of sp³-hybridized carbons (Fsp3) is 0.591. The minimum atomic E-state index is -2.10. The number of carbonyl (C=O) groups is 1. The summed E-state index contributed by atoms with van der Waals surface area (Å²) in [7, 11) is 2.83. The summed E-state index contributed by atoms with van der Waals surface area (Å²) in [4.78, 5) is 13.7. The predicted octanol–water partition coefficient (Wildman–Crippen LogP) is 2.54. The summed E-state index contributed by atoms with van der Waals surface area (Å²) in [6.45, 7) is 6.57. The molecule has 2 aliphatic rings. The van der Waals surface area contributed by atoms with Crippen LogP contribution in [0.4, 0.5) is 0 Å². The first-order chi connectivity index (χ1) is 14.1. The maximum Gasteiger partial charge on any atom is 0.298 e. The van der Waals surface area contributed by atoms with Crippen LogP contribution >= 0.6 is 0 Å². The van der Waals surface area contributed by atoms with Crippen LogP contribution in [-0.4, -0.2) is 71.0 Å². The molecule has 2 aliphatic heterocycles. The lowest BCUT2D eigenvalue weighted by Crippen LogP contribution is -2.64. The van der Waals surface area contributed by atoms with Crippen LogP contribution in [0, 0.1) is 11.8 Å². The Balaban J connectivity index is 2.01. The maximum absolute atomic E-state index is 12.3. The Bertz CT molecular complexity index is 799. The van der Waals surface area contributed by atoms with Gasteiger partial charge in [0.05, 0.1) is 6.61 Å². The van der Waals surface area contributed by atoms with Crippen molar-refractivity contribution in [2.75, 3.05) is 27.8 Å². The molecule has 0 bridgehead atoms. The summed E-state index contributed by atoms with van der Waals surface area (Å²) in [5, 5.41) is 0. The van der Waals surface area contributed by atoms with Crippen molar-refractivity contribution in [3.05, 3.63) is 35.9 Å². The van der Waals surface area contributed by atoms with E-state index in [1.54, 1.807) is 21.2 Å². The molecule has 5 atom stereocenters. The molecule has 0 N–H and O–H groups in total. The highest BCUT2D eigenvalue weighted by atomic mass is 28.4. The van der Waals surface area contributed by atoms with Crippen molar-refractivity contribution in [2.24, 2.45) is 0 Å². The van der Waals surface area contributed by atoms with E-state index in [9.17, 15) is 4.79 Å². The first kappa shape index (κ1) is 22.9. The number of nitrogens with zero attached hydrogens (tertiary/aromatic N) is 1. The second-order valence-corrected chi connectivity index (χ2v) is 13.2. The lowest BCUT2D eigenvalue weighted by molar-refractivity contribution is -0.344. The number of fused-ring (bicyclic) bond motifs is 1. The van der Waals surface area contributed by atoms with E-state index in [2.05, 4.69) is 31.5 Å². The standard InChI is InChI=1S/C22H31NO6Si/c1-23(2)18(24)12-13-22(29-30(4,5)6)14-19(25-3)27-17-15-26-21(28-20(17)22)16-10-8-7-9-11-16/h7-11,17,19-21H,14-15H2,1-6H3/t17-,19+,20-,21-,22+/m1/s1. The highest BCUT2D eigenvalue weighted by Crippen LogP contribution is 2.42. The SMILES string of the molecule is CO[C@@H]1C[C@](C#CC(=O)N(C)C)(O[Si](C)(C)C)[C@@H]2O[C@H](c3ccccc3)OC[C@H]2O1. The van der Waals surface area contributed by atoms with E-state index >= 15 is 0 Å². The van der Waals surface area contributed by atoms with Gasteiger partial charge < -0.3 is 28.3 Å². The van der Waals surface area contributed by atoms with E-state index in [-0.39, 0.29) is 5.91 Å². The Morgan fingerprint density at radius 3 is 2.50 bits per heavy atom. The van der Waals surface area contributed by atoms with Crippen molar-refractivity contribution in [2.45, 2.75) is 56.5 Å². The third-order valence-electron chi connectivity index (χ3n) is 4.89. The van der Waals surface area contributed by atoms with Crippen molar-refractivity contribution in [3.8, 4) is 11.8 Å². The fourth-order valence-corrected chi connectivity index (χ4v) is 4.99. The maximum atomic E-state index is 12.3. The Morgan fingerprint density at radius 2 is 1.90 bits per heavy atom. The van der Waals surface area contributed by atoms with Crippen LogP contribution in [-0.2, 0) is 28.2 Å². The van der Waals surface area contributed by atoms with E-state index < -0.39 is 38.7 Å². The molecule has 0 unspecified atom stereocenters. The molecule has 0 aromatic heterocycles. The summed E-state index contributed by atoms with van der Waals surface area (Å²) in [5.74, 6) is 5.59. The van der Waals surface area contributed by atoms with Gasteiger partial charge in [0.1, 0.15) is 12.2 Å². The van der Waals surface area contributed by atoms with Crippen molar-refractivity contribution in [1.29, 1.82) is 0 Å². The summed E-state index contributed by atoms with van der Waals surface area (Å²) in [6, 6.07) is 9.73. The zero-order valence-corrected chi connectivity index (χ0v) is 19.5. The van der Waals surface area contributed by atoms with Crippen LogP contribution in [0.5, 0.6) is 0 Å². The summed E-state index contributed by atoms with van der Waals surface area (Å²) >= 11 is 0. The van der Waals surface area contributed by atoms with Gasteiger partial charge in [0.25, 0.3) is 5.91 Å². The first-order valence-electron chi connectivity index (χ1n) is 10.1. The van der Waals surface area contributed by atoms with Gasteiger partial charge in [-0.1, -0.05) is 36.3 Å². The molecule has 164 valence electrons. The molecule has 2 fully saturated rings. The average molecular weight is 434 g/mol. The Hall–Kier alpha value is -1.73. The van der Waals surface area contributed by atoms with Gasteiger partial charge in [0.2, 0.25) is 0 Å². The highest BCUT2D eigenvalue weighted by molar-refractivity contribution is 6.69. The molecule has 30 heavy (non-hydrogen) atoms. The number of hydrogen-bond acceptors (Lipinski definition) is 6. The van der Waals surface area contributed by atoms with Crippen LogP contribution in [0.2, 0.25) is 19.6 Å². The molecule has 1 aromatic rings. The van der Waals surface area contributed by atoms with Crippen LogP contribution in [0.3, 0.4) is 0 Å². The summed E-state index contributed by atoms with van der Waals surface area (Å²) in [5.41, 5.74) is -0.139. The topological polar surface area (TPSA) is 66.5 Å². The van der Waals surface area contributed by atoms with Crippen LogP contribution in [0.25, 0.3) is 0 Å². The summed E-state index contributed by atoms with van der Waals surface area (Å²) in [6.07, 6.45) is -1.72. The zero-order chi connectivity index (χ0) is 21.9. The molecule has 0 aliphatic carbocycles. The number of carbonyl (C=O) groups excluding carboxylic acids is 1. The third-order valence-corrected chi connectivity index (χ3v) is 5.86. The second-order valence-electron chi connectivity index (χ2n) is 8.73. The zero-order valence-electron chi connectivity index (χ0n) is 18.5. The smallest absolute Gasteiger partial charge is 0.298 e. The molecule has 2 heterocycles. The molecule has 7 nitrogen and oxygen atoms in total. The van der Waals surface area contributed by atoms with E-state index in [0.29, 0.717) is 13.0 Å².